The first-order valence-electron chi connectivity index (χ1n) is 26.8. The van der Waals surface area contributed by atoms with E-state index in [9.17, 15) is 0 Å². The fourth-order valence-corrected chi connectivity index (χ4v) is 24.2. The second kappa shape index (κ2) is 20.1. The molecule has 3 aliphatic rings. The Morgan fingerprint density at radius 1 is 0.229 bits per heavy atom. The average molecular weight is 1040 g/mol. The van der Waals surface area contributed by atoms with E-state index in [1.807, 2.05) is 0 Å². The van der Waals surface area contributed by atoms with Gasteiger partial charge in [-0.1, -0.05) is 0 Å². The quantitative estimate of drug-likeness (QED) is 0.0954. The van der Waals surface area contributed by atoms with Gasteiger partial charge < -0.3 is 0 Å². The average Bonchev–Trinajstić information content (AvgIpc) is 4.22. The van der Waals surface area contributed by atoms with Crippen molar-refractivity contribution in [1.29, 1.82) is 0 Å². The minimum absolute atomic E-state index is 0.418. The molecule has 0 N–H and O–H groups in total. The molecule has 0 bridgehead atoms. The zero-order valence-electron chi connectivity index (χ0n) is 45.3. The molecule has 6 aromatic carbocycles. The summed E-state index contributed by atoms with van der Waals surface area (Å²) in [6.07, 6.45) is 10.6. The third kappa shape index (κ3) is 9.01. The van der Waals surface area contributed by atoms with E-state index in [2.05, 4.69) is 244 Å². The summed E-state index contributed by atoms with van der Waals surface area (Å²) in [7, 11) is 0. The molecule has 0 unspecified atom stereocenters. The summed E-state index contributed by atoms with van der Waals surface area (Å²) in [5.41, 5.74) is 23.6. The summed E-state index contributed by atoms with van der Waals surface area (Å²) in [6, 6.07) is 43.3. The molecule has 0 spiro atoms. The van der Waals surface area contributed by atoms with Gasteiger partial charge in [-0.25, -0.2) is 0 Å². The van der Waals surface area contributed by atoms with E-state index in [0.717, 1.165) is 0 Å². The van der Waals surface area contributed by atoms with Crippen LogP contribution in [0.25, 0.3) is 44.5 Å². The SMILES string of the molecule is CC(C)c1cccc(C(C)C)c1-c1cccc(-c2c(C(C)C)cccc2C(C)C)[c]1[Ge]1[C]2=[C]1/C=C\[C]1=[C](/C=C\2)[Ge]1[c]1c(-c2c(C(C)C)cccc2C(C)C)cccc1-c1c(C(C)C)cccc1C(C)C. The Balaban J connectivity index is 1.24. The molecule has 70 heavy (non-hydrogen) atoms. The molecule has 2 aliphatic heterocycles. The van der Waals surface area contributed by atoms with Crippen LogP contribution < -0.4 is 8.79 Å². The van der Waals surface area contributed by atoms with Crippen molar-refractivity contribution in [3.63, 3.8) is 0 Å². The fraction of sp³-hybridized carbons (Fsp3) is 0.353. The predicted molar refractivity (Wildman–Crippen MR) is 310 cm³/mol. The van der Waals surface area contributed by atoms with Gasteiger partial charge in [0.1, 0.15) is 0 Å². The predicted octanol–water partition coefficient (Wildman–Crippen LogP) is 18.3. The van der Waals surface area contributed by atoms with Crippen LogP contribution in [0.1, 0.15) is 203 Å². The Morgan fingerprint density at radius 3 is 0.543 bits per heavy atom. The normalized spacial score (nSPS) is 15.9. The van der Waals surface area contributed by atoms with Crippen molar-refractivity contribution in [2.75, 3.05) is 0 Å². The number of benzene rings is 6. The van der Waals surface area contributed by atoms with Gasteiger partial charge in [0, 0.05) is 0 Å². The van der Waals surface area contributed by atoms with Crippen molar-refractivity contribution in [2.24, 2.45) is 0 Å². The van der Waals surface area contributed by atoms with Crippen molar-refractivity contribution >= 4 is 37.5 Å². The van der Waals surface area contributed by atoms with Crippen LogP contribution in [0.3, 0.4) is 0 Å². The zero-order chi connectivity index (χ0) is 50.0. The topological polar surface area (TPSA) is 0 Å². The van der Waals surface area contributed by atoms with E-state index in [4.69, 9.17) is 0 Å². The third-order valence-electron chi connectivity index (χ3n) is 15.6. The van der Waals surface area contributed by atoms with E-state index in [1.165, 1.54) is 89.0 Å². The second-order valence-corrected chi connectivity index (χ2v) is 32.8. The zero-order valence-corrected chi connectivity index (χ0v) is 49.5. The van der Waals surface area contributed by atoms with Crippen LogP contribution in [-0.4, -0.2) is 28.7 Å². The van der Waals surface area contributed by atoms with Crippen LogP contribution in [0.4, 0.5) is 0 Å². The van der Waals surface area contributed by atoms with Crippen molar-refractivity contribution in [2.45, 2.75) is 158 Å². The van der Waals surface area contributed by atoms with Gasteiger partial charge in [0.2, 0.25) is 0 Å². The van der Waals surface area contributed by atoms with E-state index < -0.39 is 28.7 Å². The molecule has 358 valence electrons. The number of hydrogen-bond acceptors (Lipinski definition) is 0. The molecule has 0 fully saturated rings. The van der Waals surface area contributed by atoms with Crippen LogP contribution in [0.5, 0.6) is 0 Å². The van der Waals surface area contributed by atoms with Crippen LogP contribution >= 0.6 is 0 Å². The minimum atomic E-state index is -2.17. The molecule has 0 aromatic heterocycles. The third-order valence-corrected chi connectivity index (χ3v) is 27.1. The molecule has 0 saturated carbocycles. The van der Waals surface area contributed by atoms with Crippen molar-refractivity contribution in [1.82, 2.24) is 0 Å². The van der Waals surface area contributed by atoms with Crippen molar-refractivity contribution in [3.05, 3.63) is 196 Å². The van der Waals surface area contributed by atoms with Gasteiger partial charge >= 0.3 is 436 Å². The van der Waals surface area contributed by atoms with Crippen LogP contribution in [0, 0.1) is 0 Å². The monoisotopic (exact) mass is 1040 g/mol. The van der Waals surface area contributed by atoms with Gasteiger partial charge in [0.15, 0.2) is 0 Å². The Labute approximate surface area is 432 Å². The molecule has 6 aromatic rings. The molecule has 2 heterocycles. The molecule has 0 nitrogen and oxygen atoms in total. The van der Waals surface area contributed by atoms with Gasteiger partial charge in [-0.2, -0.15) is 0 Å². The molecule has 2 radical (unpaired) electrons. The van der Waals surface area contributed by atoms with Crippen LogP contribution in [0.15, 0.2) is 151 Å². The van der Waals surface area contributed by atoms with Crippen molar-refractivity contribution in [3.8, 4) is 44.5 Å². The first-order valence-corrected chi connectivity index (χ1v) is 33.1. The fourth-order valence-electron chi connectivity index (χ4n) is 11.9. The Hall–Kier alpha value is -4.63. The van der Waals surface area contributed by atoms with Gasteiger partial charge in [0.25, 0.3) is 0 Å². The van der Waals surface area contributed by atoms with E-state index in [-0.39, 0.29) is 0 Å². The summed E-state index contributed by atoms with van der Waals surface area (Å²) in [4.78, 5) is 0. The van der Waals surface area contributed by atoms with Gasteiger partial charge in [-0.15, -0.1) is 0 Å². The van der Waals surface area contributed by atoms with Gasteiger partial charge in [-0.05, 0) is 0 Å². The molecule has 2 heteroatoms. The summed E-state index contributed by atoms with van der Waals surface area (Å²) < 4.78 is 9.90. The number of rotatable bonds is 14. The van der Waals surface area contributed by atoms with Gasteiger partial charge in [0.05, 0.1) is 0 Å². The van der Waals surface area contributed by atoms with E-state index in [1.54, 1.807) is 26.4 Å². The first kappa shape index (κ1) is 50.3. The molecule has 0 atom stereocenters. The van der Waals surface area contributed by atoms with E-state index >= 15 is 0 Å². The van der Waals surface area contributed by atoms with Crippen molar-refractivity contribution < 1.29 is 0 Å². The molecule has 0 amide bonds. The molecule has 1 aliphatic carbocycles. The summed E-state index contributed by atoms with van der Waals surface area (Å²) >= 11 is -4.34. The standard InChI is InChI=1S/C68H78Ge2/c1-39(2)47-23-17-24-48(40(3)4)63(47)55-31-21-32-56(64-49(41(5)6)25-18-26-50(64)42(7)8)67(55)69-59-35-37-61-62(38-36-60(59)69)70(61)68-57(65-51(43(9)10)27-19-28-52(65)44(11)12)33-22-34-58(68)66-53(45(13)14)29-20-30-54(66)46(15)16/h17-46H,1-16H3/b37-35-,38-36-,59-35?,60-36?,61-37?,62-38?. The van der Waals surface area contributed by atoms with Crippen LogP contribution in [-0.2, 0) is 0 Å². The Bertz CT molecular complexity index is 2600. The molecular weight excluding hydrogens is 962 g/mol. The summed E-state index contributed by atoms with van der Waals surface area (Å²) in [5.74, 6) is 3.34. The maximum absolute atomic E-state index is 2.64. The Kier molecular flexibility index (Phi) is 14.5. The Morgan fingerprint density at radius 2 is 0.386 bits per heavy atom. The first-order chi connectivity index (χ1) is 33.4. The van der Waals surface area contributed by atoms with Crippen LogP contribution in [0.2, 0.25) is 0 Å². The number of hydrogen-bond donors (Lipinski definition) is 0. The summed E-state index contributed by atoms with van der Waals surface area (Å²) in [6.45, 7) is 38.2. The maximum atomic E-state index is 2.64. The molecule has 0 saturated heterocycles. The second-order valence-electron chi connectivity index (χ2n) is 23.0. The summed E-state index contributed by atoms with van der Waals surface area (Å²) in [5, 5.41) is 0. The number of allylic oxidation sites excluding steroid dienone is 8. The molecular formula is C68H78Ge2. The molecule has 9 rings (SSSR count). The van der Waals surface area contributed by atoms with Gasteiger partial charge in [-0.3, -0.25) is 0 Å². The van der Waals surface area contributed by atoms with E-state index in [0.29, 0.717) is 47.3 Å².